The number of carbonyl (C=O) groups excluding carboxylic acids is 1. The molecule has 138 valence electrons. The molecule has 25 heavy (non-hydrogen) atoms. The van der Waals surface area contributed by atoms with E-state index in [0.717, 1.165) is 70.3 Å². The summed E-state index contributed by atoms with van der Waals surface area (Å²) in [5.74, 6) is 1.96. The van der Waals surface area contributed by atoms with Gasteiger partial charge in [0.2, 0.25) is 11.9 Å². The van der Waals surface area contributed by atoms with Gasteiger partial charge >= 0.3 is 0 Å². The van der Waals surface area contributed by atoms with E-state index < -0.39 is 0 Å². The van der Waals surface area contributed by atoms with E-state index in [1.54, 1.807) is 12.4 Å². The molecule has 0 spiro atoms. The van der Waals surface area contributed by atoms with Gasteiger partial charge in [0.1, 0.15) is 0 Å². The lowest BCUT2D eigenvalue weighted by molar-refractivity contribution is -0.137. The molecule has 0 aromatic carbocycles. The fraction of sp³-hybridized carbons (Fsp3) is 0.737. The summed E-state index contributed by atoms with van der Waals surface area (Å²) in [4.78, 5) is 28.1. The summed E-state index contributed by atoms with van der Waals surface area (Å²) in [6.07, 6.45) is 9.11. The SMILES string of the molecule is CN(C)CCC1CCN(C(=O)[C@@H]2CCCN(c3ncccn3)C2)CC1. The molecule has 3 heterocycles. The van der Waals surface area contributed by atoms with Crippen LogP contribution in [0.25, 0.3) is 0 Å². The number of rotatable bonds is 5. The topological polar surface area (TPSA) is 52.6 Å². The van der Waals surface area contributed by atoms with Crippen molar-refractivity contribution in [2.75, 3.05) is 51.7 Å². The molecule has 1 aromatic heterocycles. The lowest BCUT2D eigenvalue weighted by atomic mass is 9.91. The molecular weight excluding hydrogens is 314 g/mol. The summed E-state index contributed by atoms with van der Waals surface area (Å²) < 4.78 is 0. The van der Waals surface area contributed by atoms with Crippen LogP contribution in [0, 0.1) is 11.8 Å². The van der Waals surface area contributed by atoms with Crippen LogP contribution < -0.4 is 4.90 Å². The minimum absolute atomic E-state index is 0.0934. The van der Waals surface area contributed by atoms with Gasteiger partial charge in [0.25, 0.3) is 0 Å². The normalized spacial score (nSPS) is 22.4. The summed E-state index contributed by atoms with van der Waals surface area (Å²) >= 11 is 0. The van der Waals surface area contributed by atoms with Gasteiger partial charge in [-0.2, -0.15) is 0 Å². The minimum atomic E-state index is 0.0934. The fourth-order valence-corrected chi connectivity index (χ4v) is 3.96. The van der Waals surface area contributed by atoms with E-state index >= 15 is 0 Å². The Morgan fingerprint density at radius 1 is 1.16 bits per heavy atom. The molecule has 2 fully saturated rings. The highest BCUT2D eigenvalue weighted by atomic mass is 16.2. The first kappa shape index (κ1) is 18.1. The van der Waals surface area contributed by atoms with Crippen LogP contribution in [0.5, 0.6) is 0 Å². The molecular formula is C19H31N5O. The second-order valence-corrected chi connectivity index (χ2v) is 7.69. The largest absolute Gasteiger partial charge is 0.342 e. The zero-order valence-electron chi connectivity index (χ0n) is 15.6. The van der Waals surface area contributed by atoms with Gasteiger partial charge in [-0.25, -0.2) is 9.97 Å². The van der Waals surface area contributed by atoms with Crippen LogP contribution in [0.3, 0.4) is 0 Å². The average molecular weight is 345 g/mol. The second kappa shape index (κ2) is 8.61. The van der Waals surface area contributed by atoms with E-state index in [1.165, 1.54) is 6.42 Å². The summed E-state index contributed by atoms with van der Waals surface area (Å²) in [7, 11) is 4.26. The minimum Gasteiger partial charge on any atom is -0.342 e. The number of hydrogen-bond donors (Lipinski definition) is 0. The Labute approximate surface area is 151 Å². The van der Waals surface area contributed by atoms with Gasteiger partial charge in [0, 0.05) is 38.6 Å². The highest BCUT2D eigenvalue weighted by Crippen LogP contribution is 2.26. The van der Waals surface area contributed by atoms with Crippen LogP contribution in [0.2, 0.25) is 0 Å². The molecule has 1 aromatic rings. The Hall–Kier alpha value is -1.69. The zero-order chi connectivity index (χ0) is 17.6. The van der Waals surface area contributed by atoms with Crippen molar-refractivity contribution < 1.29 is 4.79 Å². The zero-order valence-corrected chi connectivity index (χ0v) is 15.6. The molecule has 1 amide bonds. The standard InChI is InChI=1S/C19H31N5O/c1-22(2)12-6-16-7-13-23(14-8-16)18(25)17-5-3-11-24(15-17)19-20-9-4-10-21-19/h4,9-10,16-17H,3,5-8,11-15H2,1-2H3/t17-/m1/s1. The Morgan fingerprint density at radius 3 is 2.56 bits per heavy atom. The van der Waals surface area contributed by atoms with Crippen molar-refractivity contribution >= 4 is 11.9 Å². The number of piperidine rings is 2. The molecule has 0 bridgehead atoms. The van der Waals surface area contributed by atoms with E-state index in [0.29, 0.717) is 5.91 Å². The Morgan fingerprint density at radius 2 is 1.88 bits per heavy atom. The summed E-state index contributed by atoms with van der Waals surface area (Å²) in [5, 5.41) is 0. The van der Waals surface area contributed by atoms with Crippen molar-refractivity contribution in [3.05, 3.63) is 18.5 Å². The first-order chi connectivity index (χ1) is 12.1. The summed E-state index contributed by atoms with van der Waals surface area (Å²) in [6.45, 7) is 4.70. The highest BCUT2D eigenvalue weighted by Gasteiger charge is 2.32. The van der Waals surface area contributed by atoms with Crippen molar-refractivity contribution in [2.24, 2.45) is 11.8 Å². The number of aromatic nitrogens is 2. The molecule has 0 aliphatic carbocycles. The van der Waals surface area contributed by atoms with E-state index in [9.17, 15) is 4.79 Å². The van der Waals surface area contributed by atoms with Gasteiger partial charge in [-0.3, -0.25) is 4.79 Å². The number of likely N-dealkylation sites (tertiary alicyclic amines) is 1. The van der Waals surface area contributed by atoms with E-state index in [1.807, 2.05) is 6.07 Å². The summed E-state index contributed by atoms with van der Waals surface area (Å²) in [6, 6.07) is 1.83. The lowest BCUT2D eigenvalue weighted by Crippen LogP contribution is -2.47. The molecule has 2 aliphatic heterocycles. The van der Waals surface area contributed by atoms with Gasteiger partial charge in [-0.15, -0.1) is 0 Å². The first-order valence-electron chi connectivity index (χ1n) is 9.59. The number of amides is 1. The number of anilines is 1. The van der Waals surface area contributed by atoms with Crippen molar-refractivity contribution in [1.29, 1.82) is 0 Å². The third kappa shape index (κ3) is 4.91. The van der Waals surface area contributed by atoms with Crippen LogP contribution >= 0.6 is 0 Å². The fourth-order valence-electron chi connectivity index (χ4n) is 3.96. The van der Waals surface area contributed by atoms with E-state index in [2.05, 4.69) is 38.8 Å². The Bertz CT molecular complexity index is 542. The van der Waals surface area contributed by atoms with Crippen molar-refractivity contribution in [3.8, 4) is 0 Å². The van der Waals surface area contributed by atoms with Crippen LogP contribution in [0.15, 0.2) is 18.5 Å². The molecule has 1 atom stereocenters. The van der Waals surface area contributed by atoms with Crippen molar-refractivity contribution in [1.82, 2.24) is 19.8 Å². The second-order valence-electron chi connectivity index (χ2n) is 7.69. The number of nitrogens with zero attached hydrogens (tertiary/aromatic N) is 5. The van der Waals surface area contributed by atoms with Crippen LogP contribution in [-0.2, 0) is 4.79 Å². The molecule has 6 nitrogen and oxygen atoms in total. The maximum absolute atomic E-state index is 13.0. The first-order valence-corrected chi connectivity index (χ1v) is 9.59. The van der Waals surface area contributed by atoms with Gasteiger partial charge in [-0.1, -0.05) is 0 Å². The molecule has 3 rings (SSSR count). The number of carbonyl (C=O) groups is 1. The molecule has 2 aliphatic rings. The van der Waals surface area contributed by atoms with Crippen molar-refractivity contribution in [2.45, 2.75) is 32.1 Å². The molecule has 0 saturated carbocycles. The molecule has 0 unspecified atom stereocenters. The maximum atomic E-state index is 13.0. The maximum Gasteiger partial charge on any atom is 0.227 e. The van der Waals surface area contributed by atoms with E-state index in [4.69, 9.17) is 0 Å². The van der Waals surface area contributed by atoms with Gasteiger partial charge < -0.3 is 14.7 Å². The van der Waals surface area contributed by atoms with Gasteiger partial charge in [0.15, 0.2) is 0 Å². The highest BCUT2D eigenvalue weighted by molar-refractivity contribution is 5.79. The quantitative estimate of drug-likeness (QED) is 0.816. The van der Waals surface area contributed by atoms with Crippen LogP contribution in [0.1, 0.15) is 32.1 Å². The van der Waals surface area contributed by atoms with Crippen LogP contribution in [-0.4, -0.2) is 72.5 Å². The summed E-state index contributed by atoms with van der Waals surface area (Å²) in [5.41, 5.74) is 0. The molecule has 6 heteroatoms. The van der Waals surface area contributed by atoms with Gasteiger partial charge in [-0.05, 0) is 64.7 Å². The van der Waals surface area contributed by atoms with Crippen molar-refractivity contribution in [3.63, 3.8) is 0 Å². The third-order valence-corrected chi connectivity index (χ3v) is 5.52. The van der Waals surface area contributed by atoms with Crippen LogP contribution in [0.4, 0.5) is 5.95 Å². The Balaban J connectivity index is 1.50. The predicted molar refractivity (Wildman–Crippen MR) is 99.4 cm³/mol. The smallest absolute Gasteiger partial charge is 0.227 e. The lowest BCUT2D eigenvalue weighted by Gasteiger charge is -2.38. The monoisotopic (exact) mass is 345 g/mol. The molecule has 2 saturated heterocycles. The van der Waals surface area contributed by atoms with E-state index in [-0.39, 0.29) is 5.92 Å². The molecule has 0 N–H and O–H groups in total. The number of hydrogen-bond acceptors (Lipinski definition) is 5. The Kier molecular flexibility index (Phi) is 6.24. The average Bonchev–Trinajstić information content (AvgIpc) is 2.67. The third-order valence-electron chi connectivity index (χ3n) is 5.52. The molecule has 0 radical (unpaired) electrons. The predicted octanol–water partition coefficient (Wildman–Crippen LogP) is 1.88. The van der Waals surface area contributed by atoms with Gasteiger partial charge in [0.05, 0.1) is 5.92 Å².